The number of piperazine rings is 1. The summed E-state index contributed by atoms with van der Waals surface area (Å²) >= 11 is 0. The van der Waals surface area contributed by atoms with Crippen LogP contribution in [0.3, 0.4) is 0 Å². The van der Waals surface area contributed by atoms with Crippen LogP contribution in [-0.2, 0) is 0 Å². The molecule has 3 heteroatoms. The summed E-state index contributed by atoms with van der Waals surface area (Å²) in [5.74, 6) is 0.792. The predicted octanol–water partition coefficient (Wildman–Crippen LogP) is 3.14. The van der Waals surface area contributed by atoms with Gasteiger partial charge in [-0.25, -0.2) is 4.39 Å². The molecule has 1 heterocycles. The molecule has 1 aromatic carbocycles. The van der Waals surface area contributed by atoms with E-state index in [2.05, 4.69) is 16.7 Å². The van der Waals surface area contributed by atoms with Crippen molar-refractivity contribution >= 4 is 5.69 Å². The average molecular weight is 262 g/mol. The van der Waals surface area contributed by atoms with Crippen molar-refractivity contribution in [1.82, 2.24) is 4.90 Å². The Balaban J connectivity index is 1.59. The highest BCUT2D eigenvalue weighted by atomic mass is 19.1. The van der Waals surface area contributed by atoms with Crippen molar-refractivity contribution in [3.63, 3.8) is 0 Å². The Morgan fingerprint density at radius 2 is 1.79 bits per heavy atom. The van der Waals surface area contributed by atoms with Gasteiger partial charge < -0.3 is 4.90 Å². The summed E-state index contributed by atoms with van der Waals surface area (Å²) in [4.78, 5) is 4.80. The fourth-order valence-electron chi connectivity index (χ4n) is 3.54. The van der Waals surface area contributed by atoms with Crippen LogP contribution in [0.5, 0.6) is 0 Å². The lowest BCUT2D eigenvalue weighted by Crippen LogP contribution is -2.50. The molecule has 0 amide bonds. The molecule has 1 aliphatic carbocycles. The van der Waals surface area contributed by atoms with Crippen molar-refractivity contribution in [2.24, 2.45) is 5.92 Å². The number of halogens is 1. The number of hydrogen-bond acceptors (Lipinski definition) is 2. The molecule has 3 rings (SSSR count). The Bertz CT molecular complexity index is 427. The molecule has 2 atom stereocenters. The number of rotatable bonds is 2. The van der Waals surface area contributed by atoms with E-state index in [0.29, 0.717) is 0 Å². The summed E-state index contributed by atoms with van der Waals surface area (Å²) < 4.78 is 13.8. The van der Waals surface area contributed by atoms with Crippen molar-refractivity contribution in [1.29, 1.82) is 0 Å². The number of para-hydroxylation sites is 1. The Morgan fingerprint density at radius 1 is 1.05 bits per heavy atom. The van der Waals surface area contributed by atoms with Crippen LogP contribution >= 0.6 is 0 Å². The zero-order chi connectivity index (χ0) is 13.2. The Labute approximate surface area is 115 Å². The fraction of sp³-hybridized carbons (Fsp3) is 0.625. The van der Waals surface area contributed by atoms with E-state index in [1.54, 1.807) is 12.1 Å². The second-order valence-corrected chi connectivity index (χ2v) is 6.05. The van der Waals surface area contributed by atoms with Gasteiger partial charge in [-0.1, -0.05) is 19.1 Å². The van der Waals surface area contributed by atoms with Crippen LogP contribution in [0.25, 0.3) is 0 Å². The third kappa shape index (κ3) is 2.76. The first kappa shape index (κ1) is 12.9. The number of nitrogens with zero attached hydrogens (tertiary/aromatic N) is 2. The number of anilines is 1. The molecule has 0 radical (unpaired) electrons. The van der Waals surface area contributed by atoms with Crippen molar-refractivity contribution in [3.8, 4) is 0 Å². The molecule has 1 aromatic rings. The summed E-state index contributed by atoms with van der Waals surface area (Å²) in [7, 11) is 0. The molecular weight excluding hydrogens is 239 g/mol. The van der Waals surface area contributed by atoms with E-state index in [0.717, 1.165) is 43.8 Å². The molecule has 2 fully saturated rings. The molecule has 0 spiro atoms. The van der Waals surface area contributed by atoms with Gasteiger partial charge in [0.2, 0.25) is 0 Å². The normalized spacial score (nSPS) is 28.8. The summed E-state index contributed by atoms with van der Waals surface area (Å²) in [6.07, 6.45) is 4.07. The van der Waals surface area contributed by atoms with Gasteiger partial charge in [-0.2, -0.15) is 0 Å². The highest BCUT2D eigenvalue weighted by Crippen LogP contribution is 2.30. The van der Waals surface area contributed by atoms with Gasteiger partial charge in [-0.05, 0) is 37.3 Å². The van der Waals surface area contributed by atoms with Crippen LogP contribution in [0.4, 0.5) is 10.1 Å². The molecule has 0 aromatic heterocycles. The molecule has 1 aliphatic heterocycles. The average Bonchev–Trinajstić information content (AvgIpc) is 2.86. The van der Waals surface area contributed by atoms with Crippen LogP contribution in [0.15, 0.2) is 24.3 Å². The Hall–Kier alpha value is -1.09. The standard InChI is InChI=1S/C16H23FN2/c1-13-6-7-14(12-13)18-8-10-19(11-9-18)16-5-3-2-4-15(16)17/h2-5,13-14H,6-12H2,1H3/t13-,14+/m1/s1. The molecule has 104 valence electrons. The van der Waals surface area contributed by atoms with E-state index < -0.39 is 0 Å². The van der Waals surface area contributed by atoms with Crippen LogP contribution < -0.4 is 4.90 Å². The van der Waals surface area contributed by atoms with E-state index in [-0.39, 0.29) is 5.82 Å². The smallest absolute Gasteiger partial charge is 0.146 e. The quantitative estimate of drug-likeness (QED) is 0.808. The van der Waals surface area contributed by atoms with Crippen molar-refractivity contribution in [2.75, 3.05) is 31.1 Å². The van der Waals surface area contributed by atoms with E-state index in [1.165, 1.54) is 19.3 Å². The Morgan fingerprint density at radius 3 is 2.42 bits per heavy atom. The van der Waals surface area contributed by atoms with E-state index in [9.17, 15) is 4.39 Å². The first-order valence-corrected chi connectivity index (χ1v) is 7.47. The summed E-state index contributed by atoms with van der Waals surface area (Å²) in [5.41, 5.74) is 0.766. The molecule has 1 saturated carbocycles. The van der Waals surface area contributed by atoms with E-state index in [4.69, 9.17) is 0 Å². The topological polar surface area (TPSA) is 6.48 Å². The van der Waals surface area contributed by atoms with Gasteiger partial charge >= 0.3 is 0 Å². The van der Waals surface area contributed by atoms with E-state index >= 15 is 0 Å². The van der Waals surface area contributed by atoms with Gasteiger partial charge in [-0.15, -0.1) is 0 Å². The SMILES string of the molecule is C[C@@H]1CC[C@H](N2CCN(c3ccccc3F)CC2)C1. The maximum atomic E-state index is 13.8. The van der Waals surface area contributed by atoms with Crippen molar-refractivity contribution < 1.29 is 4.39 Å². The molecule has 0 N–H and O–H groups in total. The molecule has 0 bridgehead atoms. The van der Waals surface area contributed by atoms with Crippen LogP contribution in [0, 0.1) is 11.7 Å². The molecule has 1 saturated heterocycles. The van der Waals surface area contributed by atoms with Gasteiger partial charge in [0.15, 0.2) is 0 Å². The molecule has 2 aliphatic rings. The van der Waals surface area contributed by atoms with Crippen molar-refractivity contribution in [2.45, 2.75) is 32.2 Å². The van der Waals surface area contributed by atoms with Gasteiger partial charge in [-0.3, -0.25) is 4.90 Å². The first-order chi connectivity index (χ1) is 9.24. The van der Waals surface area contributed by atoms with Gasteiger partial charge in [0, 0.05) is 32.2 Å². The molecule has 19 heavy (non-hydrogen) atoms. The van der Waals surface area contributed by atoms with Crippen molar-refractivity contribution in [3.05, 3.63) is 30.1 Å². The summed E-state index contributed by atoms with van der Waals surface area (Å²) in [6.45, 7) is 6.41. The minimum Gasteiger partial charge on any atom is -0.367 e. The molecular formula is C16H23FN2. The highest BCUT2D eigenvalue weighted by molar-refractivity contribution is 5.48. The molecule has 2 nitrogen and oxygen atoms in total. The summed E-state index contributed by atoms with van der Waals surface area (Å²) in [5, 5.41) is 0. The lowest BCUT2D eigenvalue weighted by Gasteiger charge is -2.39. The zero-order valence-electron chi connectivity index (χ0n) is 11.7. The largest absolute Gasteiger partial charge is 0.367 e. The molecule has 0 unspecified atom stereocenters. The fourth-order valence-corrected chi connectivity index (χ4v) is 3.54. The zero-order valence-corrected chi connectivity index (χ0v) is 11.7. The lowest BCUT2D eigenvalue weighted by atomic mass is 10.1. The number of benzene rings is 1. The second-order valence-electron chi connectivity index (χ2n) is 6.05. The minimum absolute atomic E-state index is 0.0922. The highest BCUT2D eigenvalue weighted by Gasteiger charge is 2.29. The second kappa shape index (κ2) is 5.49. The number of hydrogen-bond donors (Lipinski definition) is 0. The van der Waals surface area contributed by atoms with Crippen LogP contribution in [0.1, 0.15) is 26.2 Å². The summed E-state index contributed by atoms with van der Waals surface area (Å²) in [6, 6.07) is 7.90. The Kier molecular flexibility index (Phi) is 3.74. The maximum Gasteiger partial charge on any atom is 0.146 e. The maximum absolute atomic E-state index is 13.8. The third-order valence-corrected chi connectivity index (χ3v) is 4.69. The van der Waals surface area contributed by atoms with Gasteiger partial charge in [0.1, 0.15) is 5.82 Å². The third-order valence-electron chi connectivity index (χ3n) is 4.69. The predicted molar refractivity (Wildman–Crippen MR) is 77.0 cm³/mol. The van der Waals surface area contributed by atoms with Gasteiger partial charge in [0.05, 0.1) is 5.69 Å². The lowest BCUT2D eigenvalue weighted by molar-refractivity contribution is 0.184. The first-order valence-electron chi connectivity index (χ1n) is 7.47. The monoisotopic (exact) mass is 262 g/mol. The minimum atomic E-state index is -0.0922. The van der Waals surface area contributed by atoms with Crippen LogP contribution in [0.2, 0.25) is 0 Å². The van der Waals surface area contributed by atoms with Crippen LogP contribution in [-0.4, -0.2) is 37.1 Å². The van der Waals surface area contributed by atoms with E-state index in [1.807, 2.05) is 12.1 Å². The van der Waals surface area contributed by atoms with Gasteiger partial charge in [0.25, 0.3) is 0 Å².